The number of nitrogens with one attached hydrogen (secondary N) is 1. The van der Waals surface area contributed by atoms with Gasteiger partial charge in [-0.2, -0.15) is 0 Å². The van der Waals surface area contributed by atoms with Crippen LogP contribution in [-0.2, 0) is 4.79 Å². The Bertz CT molecular complexity index is 492. The fourth-order valence-corrected chi connectivity index (χ4v) is 1.74. The summed E-state index contributed by atoms with van der Waals surface area (Å²) in [7, 11) is 1.45. The van der Waals surface area contributed by atoms with Crippen molar-refractivity contribution in [2.75, 3.05) is 13.6 Å². The molecule has 2 amide bonds. The van der Waals surface area contributed by atoms with Crippen LogP contribution >= 0.6 is 12.6 Å². The molecule has 104 valence electrons. The monoisotopic (exact) mass is 284 g/mol. The molecule has 0 spiro atoms. The number of halogens is 1. The van der Waals surface area contributed by atoms with E-state index in [4.69, 9.17) is 0 Å². The lowest BCUT2D eigenvalue weighted by Gasteiger charge is -2.18. The summed E-state index contributed by atoms with van der Waals surface area (Å²) in [5, 5.41) is 2.66. The second kappa shape index (κ2) is 6.56. The molecule has 1 N–H and O–H groups in total. The Balaban J connectivity index is 2.77. The third-order valence-electron chi connectivity index (χ3n) is 2.36. The van der Waals surface area contributed by atoms with Gasteiger partial charge in [0.05, 0.1) is 12.1 Å². The SMILES string of the molecule is CC(C)NC(=O)CN(C)C(=O)c1cc(S)ccc1F. The van der Waals surface area contributed by atoms with E-state index in [-0.39, 0.29) is 24.1 Å². The number of amides is 2. The minimum Gasteiger partial charge on any atom is -0.352 e. The molecule has 4 nitrogen and oxygen atoms in total. The van der Waals surface area contributed by atoms with Gasteiger partial charge in [0.1, 0.15) is 5.82 Å². The first kappa shape index (κ1) is 15.5. The van der Waals surface area contributed by atoms with E-state index in [0.717, 1.165) is 0 Å². The molecule has 0 heterocycles. The van der Waals surface area contributed by atoms with Crippen molar-refractivity contribution in [3.05, 3.63) is 29.6 Å². The Kier molecular flexibility index (Phi) is 5.35. The summed E-state index contributed by atoms with van der Waals surface area (Å²) in [5.74, 6) is -1.46. The number of thiol groups is 1. The lowest BCUT2D eigenvalue weighted by molar-refractivity contribution is -0.122. The van der Waals surface area contributed by atoms with Crippen molar-refractivity contribution in [1.29, 1.82) is 0 Å². The van der Waals surface area contributed by atoms with Crippen molar-refractivity contribution in [2.24, 2.45) is 0 Å². The van der Waals surface area contributed by atoms with Gasteiger partial charge < -0.3 is 10.2 Å². The van der Waals surface area contributed by atoms with Crippen molar-refractivity contribution in [1.82, 2.24) is 10.2 Å². The standard InChI is InChI=1S/C13H17FN2O2S/c1-8(2)15-12(17)7-16(3)13(18)10-6-9(19)4-5-11(10)14/h4-6,8,19H,7H2,1-3H3,(H,15,17). The van der Waals surface area contributed by atoms with Crippen molar-refractivity contribution in [3.63, 3.8) is 0 Å². The van der Waals surface area contributed by atoms with Gasteiger partial charge in [-0.3, -0.25) is 9.59 Å². The molecule has 0 bridgehead atoms. The number of carbonyl (C=O) groups excluding carboxylic acids is 2. The van der Waals surface area contributed by atoms with E-state index in [0.29, 0.717) is 4.90 Å². The Hall–Kier alpha value is -1.56. The Morgan fingerprint density at radius 2 is 2.05 bits per heavy atom. The molecule has 0 saturated carbocycles. The molecule has 0 unspecified atom stereocenters. The number of likely N-dealkylation sites (N-methyl/N-ethyl adjacent to an activating group) is 1. The number of nitrogens with zero attached hydrogens (tertiary/aromatic N) is 1. The summed E-state index contributed by atoms with van der Waals surface area (Å²) in [6, 6.07) is 3.98. The van der Waals surface area contributed by atoms with Crippen LogP contribution in [0.1, 0.15) is 24.2 Å². The number of benzene rings is 1. The zero-order valence-corrected chi connectivity index (χ0v) is 12.0. The molecule has 0 fully saturated rings. The number of hydrogen-bond donors (Lipinski definition) is 2. The van der Waals surface area contributed by atoms with E-state index in [9.17, 15) is 14.0 Å². The highest BCUT2D eigenvalue weighted by Crippen LogP contribution is 2.15. The molecule has 0 saturated heterocycles. The number of rotatable bonds is 4. The Morgan fingerprint density at radius 1 is 1.42 bits per heavy atom. The highest BCUT2D eigenvalue weighted by Gasteiger charge is 2.18. The molecular weight excluding hydrogens is 267 g/mol. The molecule has 6 heteroatoms. The van der Waals surface area contributed by atoms with Crippen LogP contribution in [0.2, 0.25) is 0 Å². The molecule has 0 aromatic heterocycles. The normalized spacial score (nSPS) is 10.4. The topological polar surface area (TPSA) is 49.4 Å². The lowest BCUT2D eigenvalue weighted by Crippen LogP contribution is -2.41. The molecule has 0 atom stereocenters. The summed E-state index contributed by atoms with van der Waals surface area (Å²) in [4.78, 5) is 25.2. The summed E-state index contributed by atoms with van der Waals surface area (Å²) >= 11 is 4.06. The van der Waals surface area contributed by atoms with Crippen LogP contribution in [0.15, 0.2) is 23.1 Å². The molecule has 0 radical (unpaired) electrons. The van der Waals surface area contributed by atoms with Crippen LogP contribution < -0.4 is 5.32 Å². The van der Waals surface area contributed by atoms with Gasteiger partial charge in [-0.15, -0.1) is 12.6 Å². The van der Waals surface area contributed by atoms with Gasteiger partial charge in [0.2, 0.25) is 5.91 Å². The zero-order valence-electron chi connectivity index (χ0n) is 11.1. The van der Waals surface area contributed by atoms with Gasteiger partial charge in [-0.05, 0) is 32.0 Å². The maximum Gasteiger partial charge on any atom is 0.257 e. The van der Waals surface area contributed by atoms with E-state index in [2.05, 4.69) is 17.9 Å². The molecule has 1 aromatic rings. The molecule has 0 aliphatic heterocycles. The summed E-state index contributed by atoms with van der Waals surface area (Å²) in [6.45, 7) is 3.53. The average Bonchev–Trinajstić information content (AvgIpc) is 2.30. The van der Waals surface area contributed by atoms with Crippen LogP contribution in [0.5, 0.6) is 0 Å². The molecule has 0 aliphatic rings. The van der Waals surface area contributed by atoms with Gasteiger partial charge in [-0.1, -0.05) is 0 Å². The highest BCUT2D eigenvalue weighted by molar-refractivity contribution is 7.80. The van der Waals surface area contributed by atoms with Gasteiger partial charge in [0.15, 0.2) is 0 Å². The maximum absolute atomic E-state index is 13.5. The molecule has 0 aliphatic carbocycles. The average molecular weight is 284 g/mol. The second-order valence-corrected chi connectivity index (χ2v) is 5.06. The Labute approximate surface area is 117 Å². The molecule has 1 aromatic carbocycles. The van der Waals surface area contributed by atoms with Crippen LogP contribution in [-0.4, -0.2) is 36.3 Å². The maximum atomic E-state index is 13.5. The minimum absolute atomic E-state index is 0.00601. The smallest absolute Gasteiger partial charge is 0.257 e. The van der Waals surface area contributed by atoms with Gasteiger partial charge in [0.25, 0.3) is 5.91 Å². The van der Waals surface area contributed by atoms with Crippen LogP contribution in [0.3, 0.4) is 0 Å². The summed E-state index contributed by atoms with van der Waals surface area (Å²) in [6.07, 6.45) is 0. The van der Waals surface area contributed by atoms with E-state index in [1.54, 1.807) is 0 Å². The van der Waals surface area contributed by atoms with Gasteiger partial charge in [-0.25, -0.2) is 4.39 Å². The Morgan fingerprint density at radius 3 is 2.63 bits per heavy atom. The predicted octanol–water partition coefficient (Wildman–Crippen LogP) is 1.71. The van der Waals surface area contributed by atoms with E-state index < -0.39 is 11.7 Å². The van der Waals surface area contributed by atoms with Crippen molar-refractivity contribution in [2.45, 2.75) is 24.8 Å². The van der Waals surface area contributed by atoms with Crippen LogP contribution in [0.25, 0.3) is 0 Å². The van der Waals surface area contributed by atoms with Crippen molar-refractivity contribution < 1.29 is 14.0 Å². The van der Waals surface area contributed by atoms with E-state index in [1.807, 2.05) is 13.8 Å². The van der Waals surface area contributed by atoms with Crippen molar-refractivity contribution >= 4 is 24.4 Å². The van der Waals surface area contributed by atoms with Crippen LogP contribution in [0.4, 0.5) is 4.39 Å². The number of hydrogen-bond acceptors (Lipinski definition) is 3. The summed E-state index contributed by atoms with van der Waals surface area (Å²) in [5.41, 5.74) is -0.0904. The summed E-state index contributed by atoms with van der Waals surface area (Å²) < 4.78 is 13.5. The van der Waals surface area contributed by atoms with Crippen LogP contribution in [0, 0.1) is 5.82 Å². The molecule has 19 heavy (non-hydrogen) atoms. The first-order valence-corrected chi connectivity index (χ1v) is 6.29. The predicted molar refractivity (Wildman–Crippen MR) is 73.9 cm³/mol. The minimum atomic E-state index is -0.626. The fraction of sp³-hybridized carbons (Fsp3) is 0.385. The third-order valence-corrected chi connectivity index (χ3v) is 2.64. The third kappa shape index (κ3) is 4.55. The largest absolute Gasteiger partial charge is 0.352 e. The quantitative estimate of drug-likeness (QED) is 0.827. The van der Waals surface area contributed by atoms with E-state index >= 15 is 0 Å². The fourth-order valence-electron chi connectivity index (χ4n) is 1.54. The zero-order chi connectivity index (χ0) is 14.6. The number of carbonyl (C=O) groups is 2. The second-order valence-electron chi connectivity index (χ2n) is 4.55. The van der Waals surface area contributed by atoms with Crippen molar-refractivity contribution in [3.8, 4) is 0 Å². The first-order chi connectivity index (χ1) is 8.81. The highest BCUT2D eigenvalue weighted by atomic mass is 32.1. The van der Waals surface area contributed by atoms with Gasteiger partial charge in [0, 0.05) is 18.0 Å². The van der Waals surface area contributed by atoms with E-state index in [1.165, 1.54) is 30.1 Å². The lowest BCUT2D eigenvalue weighted by atomic mass is 10.2. The van der Waals surface area contributed by atoms with Gasteiger partial charge >= 0.3 is 0 Å². The molecular formula is C13H17FN2O2S. The first-order valence-electron chi connectivity index (χ1n) is 5.84. The molecule has 1 rings (SSSR count).